The van der Waals surface area contributed by atoms with Crippen LogP contribution in [0.2, 0.25) is 0 Å². The zero-order valence-electron chi connectivity index (χ0n) is 12.9. The van der Waals surface area contributed by atoms with Crippen molar-refractivity contribution in [2.45, 2.75) is 41.8 Å². The van der Waals surface area contributed by atoms with Gasteiger partial charge in [0, 0.05) is 18.3 Å². The first-order valence-electron chi connectivity index (χ1n) is 7.86. The molecule has 2 aliphatic rings. The molecule has 4 rings (SSSR count). The number of nitrogens with one attached hydrogen (secondary N) is 1. The quantitative estimate of drug-likeness (QED) is 0.843. The molecule has 2 aromatic rings. The van der Waals surface area contributed by atoms with Crippen molar-refractivity contribution in [2.75, 3.05) is 16.8 Å². The number of fused-ring (bicyclic) bond motifs is 1. The largest absolute Gasteiger partial charge is 0.357 e. The van der Waals surface area contributed by atoms with Gasteiger partial charge in [-0.05, 0) is 37.8 Å². The number of nitrogens with zero attached hydrogens (tertiary/aromatic N) is 3. The summed E-state index contributed by atoms with van der Waals surface area (Å²) in [4.78, 5) is 14.7. The second-order valence-corrected chi connectivity index (χ2v) is 8.49. The average Bonchev–Trinajstić information content (AvgIpc) is 3.09. The number of amides is 1. The van der Waals surface area contributed by atoms with Crippen molar-refractivity contribution in [3.8, 4) is 0 Å². The normalized spacial score (nSPS) is 17.9. The summed E-state index contributed by atoms with van der Waals surface area (Å²) in [6.07, 6.45) is 3.37. The van der Waals surface area contributed by atoms with Gasteiger partial charge in [0.15, 0.2) is 4.34 Å². The van der Waals surface area contributed by atoms with Gasteiger partial charge < -0.3 is 10.2 Å². The third-order valence-corrected chi connectivity index (χ3v) is 6.12. The van der Waals surface area contributed by atoms with Crippen LogP contribution in [0.4, 0.5) is 10.8 Å². The SMILES string of the molecule is CC(Sc1nnc(NC2CC2)s1)C(=O)N1CCc2ccccc21. The van der Waals surface area contributed by atoms with Crippen LogP contribution in [-0.2, 0) is 11.2 Å². The fourth-order valence-corrected chi connectivity index (χ4v) is 4.74. The van der Waals surface area contributed by atoms with E-state index in [1.165, 1.54) is 41.5 Å². The van der Waals surface area contributed by atoms with Gasteiger partial charge in [-0.25, -0.2) is 0 Å². The minimum Gasteiger partial charge on any atom is -0.357 e. The molecule has 0 bridgehead atoms. The third-order valence-electron chi connectivity index (χ3n) is 4.09. The Kier molecular flexibility index (Phi) is 3.98. The van der Waals surface area contributed by atoms with E-state index in [0.29, 0.717) is 6.04 Å². The first-order valence-corrected chi connectivity index (χ1v) is 9.56. The number of benzene rings is 1. The molecule has 0 spiro atoms. The van der Waals surface area contributed by atoms with E-state index >= 15 is 0 Å². The molecule has 23 heavy (non-hydrogen) atoms. The molecule has 1 unspecified atom stereocenters. The summed E-state index contributed by atoms with van der Waals surface area (Å²) >= 11 is 3.03. The van der Waals surface area contributed by atoms with E-state index in [9.17, 15) is 4.79 Å². The van der Waals surface area contributed by atoms with E-state index in [1.807, 2.05) is 30.0 Å². The summed E-state index contributed by atoms with van der Waals surface area (Å²) in [7, 11) is 0. The van der Waals surface area contributed by atoms with Crippen LogP contribution in [0.25, 0.3) is 0 Å². The molecule has 7 heteroatoms. The maximum Gasteiger partial charge on any atom is 0.240 e. The van der Waals surface area contributed by atoms with Gasteiger partial charge in [-0.3, -0.25) is 4.79 Å². The standard InChI is InChI=1S/C16H18N4OS2/c1-10(22-16-19-18-15(23-16)17-12-6-7-12)14(21)20-9-8-11-4-2-3-5-13(11)20/h2-5,10,12H,6-9H2,1H3,(H,17,18). The zero-order chi connectivity index (χ0) is 15.8. The van der Waals surface area contributed by atoms with Crippen molar-refractivity contribution >= 4 is 39.8 Å². The van der Waals surface area contributed by atoms with Crippen molar-refractivity contribution in [1.82, 2.24) is 10.2 Å². The second kappa shape index (κ2) is 6.13. The number of carbonyl (C=O) groups excluding carboxylic acids is 1. The van der Waals surface area contributed by atoms with Gasteiger partial charge in [-0.15, -0.1) is 10.2 Å². The van der Waals surface area contributed by atoms with E-state index in [4.69, 9.17) is 0 Å². The Morgan fingerprint density at radius 1 is 1.39 bits per heavy atom. The smallest absolute Gasteiger partial charge is 0.240 e. The molecule has 120 valence electrons. The Labute approximate surface area is 143 Å². The number of hydrogen-bond acceptors (Lipinski definition) is 6. The fraction of sp³-hybridized carbons (Fsp3) is 0.438. The fourth-order valence-electron chi connectivity index (χ4n) is 2.71. The predicted molar refractivity (Wildman–Crippen MR) is 94.4 cm³/mol. The highest BCUT2D eigenvalue weighted by molar-refractivity contribution is 8.02. The van der Waals surface area contributed by atoms with E-state index in [-0.39, 0.29) is 11.2 Å². The predicted octanol–water partition coefficient (Wildman–Crippen LogP) is 3.18. The Balaban J connectivity index is 1.41. The third kappa shape index (κ3) is 3.21. The highest BCUT2D eigenvalue weighted by atomic mass is 32.2. The van der Waals surface area contributed by atoms with Crippen molar-refractivity contribution < 1.29 is 4.79 Å². The summed E-state index contributed by atoms with van der Waals surface area (Å²) in [5, 5.41) is 12.4. The second-order valence-electron chi connectivity index (χ2n) is 5.92. The van der Waals surface area contributed by atoms with Crippen LogP contribution in [0.1, 0.15) is 25.3 Å². The Hall–Kier alpha value is -1.60. The number of rotatable bonds is 5. The molecule has 5 nitrogen and oxygen atoms in total. The van der Waals surface area contributed by atoms with Gasteiger partial charge in [0.1, 0.15) is 0 Å². The number of thioether (sulfide) groups is 1. The molecule has 1 N–H and O–H groups in total. The molecule has 1 aromatic heterocycles. The van der Waals surface area contributed by atoms with Crippen LogP contribution in [0, 0.1) is 0 Å². The highest BCUT2D eigenvalue weighted by Gasteiger charge is 2.29. The highest BCUT2D eigenvalue weighted by Crippen LogP contribution is 2.34. The van der Waals surface area contributed by atoms with Crippen LogP contribution in [0.5, 0.6) is 0 Å². The lowest BCUT2D eigenvalue weighted by atomic mass is 10.2. The lowest BCUT2D eigenvalue weighted by Gasteiger charge is -2.20. The molecule has 2 heterocycles. The van der Waals surface area contributed by atoms with Gasteiger partial charge >= 0.3 is 0 Å². The summed E-state index contributed by atoms with van der Waals surface area (Å²) in [5.41, 5.74) is 2.31. The van der Waals surface area contributed by atoms with Gasteiger partial charge in [0.05, 0.1) is 5.25 Å². The van der Waals surface area contributed by atoms with Gasteiger partial charge in [0.25, 0.3) is 0 Å². The number of para-hydroxylation sites is 1. The van der Waals surface area contributed by atoms with Crippen LogP contribution in [-0.4, -0.2) is 33.9 Å². The number of aromatic nitrogens is 2. The van der Waals surface area contributed by atoms with Gasteiger partial charge in [-0.2, -0.15) is 0 Å². The molecule has 0 saturated heterocycles. The Bertz CT molecular complexity index is 728. The van der Waals surface area contributed by atoms with Crippen molar-refractivity contribution in [3.63, 3.8) is 0 Å². The zero-order valence-corrected chi connectivity index (χ0v) is 14.5. The molecule has 1 amide bonds. The molecule has 1 saturated carbocycles. The average molecular weight is 346 g/mol. The lowest BCUT2D eigenvalue weighted by molar-refractivity contribution is -0.117. The van der Waals surface area contributed by atoms with Crippen LogP contribution >= 0.6 is 23.1 Å². The number of anilines is 2. The molecule has 1 fully saturated rings. The molecular formula is C16H18N4OS2. The van der Waals surface area contributed by atoms with Crippen molar-refractivity contribution in [1.29, 1.82) is 0 Å². The van der Waals surface area contributed by atoms with Crippen LogP contribution in [0.3, 0.4) is 0 Å². The molecule has 0 radical (unpaired) electrons. The number of carbonyl (C=O) groups is 1. The van der Waals surface area contributed by atoms with E-state index < -0.39 is 0 Å². The van der Waals surface area contributed by atoms with Crippen LogP contribution in [0.15, 0.2) is 28.6 Å². The summed E-state index contributed by atoms with van der Waals surface area (Å²) in [6, 6.07) is 8.71. The maximum atomic E-state index is 12.8. The number of hydrogen-bond donors (Lipinski definition) is 1. The summed E-state index contributed by atoms with van der Waals surface area (Å²) < 4.78 is 0.849. The molecular weight excluding hydrogens is 328 g/mol. The van der Waals surface area contributed by atoms with E-state index in [1.54, 1.807) is 0 Å². The monoisotopic (exact) mass is 346 g/mol. The minimum atomic E-state index is -0.164. The van der Waals surface area contributed by atoms with E-state index in [0.717, 1.165) is 28.1 Å². The van der Waals surface area contributed by atoms with E-state index in [2.05, 4.69) is 21.6 Å². The Morgan fingerprint density at radius 3 is 3.04 bits per heavy atom. The Morgan fingerprint density at radius 2 is 2.22 bits per heavy atom. The van der Waals surface area contributed by atoms with Crippen molar-refractivity contribution in [3.05, 3.63) is 29.8 Å². The van der Waals surface area contributed by atoms with Gasteiger partial charge in [0.2, 0.25) is 11.0 Å². The summed E-state index contributed by atoms with van der Waals surface area (Å²) in [5.74, 6) is 0.145. The minimum absolute atomic E-state index is 0.145. The van der Waals surface area contributed by atoms with Crippen LogP contribution < -0.4 is 10.2 Å². The maximum absolute atomic E-state index is 12.8. The lowest BCUT2D eigenvalue weighted by Crippen LogP contribution is -2.35. The molecule has 1 atom stereocenters. The molecule has 1 aromatic carbocycles. The molecule has 1 aliphatic heterocycles. The van der Waals surface area contributed by atoms with Crippen molar-refractivity contribution in [2.24, 2.45) is 0 Å². The van der Waals surface area contributed by atoms with Gasteiger partial charge in [-0.1, -0.05) is 41.3 Å². The summed E-state index contributed by atoms with van der Waals surface area (Å²) in [6.45, 7) is 2.72. The topological polar surface area (TPSA) is 58.1 Å². The first-order chi connectivity index (χ1) is 11.2. The first kappa shape index (κ1) is 15.0. The molecule has 1 aliphatic carbocycles.